The molecule has 0 spiro atoms. The molecule has 0 unspecified atom stereocenters. The van der Waals surface area contributed by atoms with Gasteiger partial charge >= 0.3 is 0 Å². The first-order chi connectivity index (χ1) is 8.83. The van der Waals surface area contributed by atoms with Gasteiger partial charge in [0.25, 0.3) is 0 Å². The highest BCUT2D eigenvalue weighted by Crippen LogP contribution is 2.39. The Balaban J connectivity index is 1.60. The highest BCUT2D eigenvalue weighted by Gasteiger charge is 2.34. The number of ether oxygens (including phenoxy) is 1. The zero-order valence-electron chi connectivity index (χ0n) is 10.3. The SMILES string of the molecule is N[C@H]1C[C@@H]1c1ccc(OCc2ccccc2)cc1. The molecule has 2 aromatic rings. The molecule has 1 aliphatic rings. The summed E-state index contributed by atoms with van der Waals surface area (Å²) in [4.78, 5) is 0. The van der Waals surface area contributed by atoms with Gasteiger partial charge in [-0.2, -0.15) is 0 Å². The molecule has 2 aromatic carbocycles. The van der Waals surface area contributed by atoms with Gasteiger partial charge in [0, 0.05) is 12.0 Å². The summed E-state index contributed by atoms with van der Waals surface area (Å²) in [7, 11) is 0. The van der Waals surface area contributed by atoms with Crippen molar-refractivity contribution in [3.05, 3.63) is 65.7 Å². The van der Waals surface area contributed by atoms with Crippen molar-refractivity contribution in [3.8, 4) is 5.75 Å². The van der Waals surface area contributed by atoms with E-state index in [1.54, 1.807) is 0 Å². The molecule has 0 bridgehead atoms. The molecule has 0 radical (unpaired) electrons. The molecule has 1 saturated carbocycles. The Morgan fingerprint density at radius 3 is 2.28 bits per heavy atom. The van der Waals surface area contributed by atoms with Crippen LogP contribution in [-0.2, 0) is 6.61 Å². The summed E-state index contributed by atoms with van der Waals surface area (Å²) in [6.07, 6.45) is 1.12. The van der Waals surface area contributed by atoms with Crippen molar-refractivity contribution in [3.63, 3.8) is 0 Å². The van der Waals surface area contributed by atoms with Crippen LogP contribution in [0.2, 0.25) is 0 Å². The Bertz CT molecular complexity index is 506. The van der Waals surface area contributed by atoms with Crippen molar-refractivity contribution in [2.45, 2.75) is 25.0 Å². The van der Waals surface area contributed by atoms with Crippen LogP contribution in [0.25, 0.3) is 0 Å². The first-order valence-corrected chi connectivity index (χ1v) is 6.35. The normalized spacial score (nSPS) is 21.6. The fourth-order valence-electron chi connectivity index (χ4n) is 2.15. The predicted molar refractivity (Wildman–Crippen MR) is 72.5 cm³/mol. The van der Waals surface area contributed by atoms with Crippen molar-refractivity contribution in [2.24, 2.45) is 5.73 Å². The molecule has 3 rings (SSSR count). The van der Waals surface area contributed by atoms with Crippen molar-refractivity contribution < 1.29 is 4.74 Å². The van der Waals surface area contributed by atoms with Crippen molar-refractivity contribution in [2.75, 3.05) is 0 Å². The van der Waals surface area contributed by atoms with Crippen molar-refractivity contribution in [1.82, 2.24) is 0 Å². The van der Waals surface area contributed by atoms with Gasteiger partial charge in [-0.1, -0.05) is 42.5 Å². The molecule has 0 aliphatic heterocycles. The number of hydrogen-bond acceptors (Lipinski definition) is 2. The first-order valence-electron chi connectivity index (χ1n) is 6.35. The average Bonchev–Trinajstić information content (AvgIpc) is 3.15. The van der Waals surface area contributed by atoms with E-state index < -0.39 is 0 Å². The van der Waals surface area contributed by atoms with Gasteiger partial charge in [0.15, 0.2) is 0 Å². The fourth-order valence-corrected chi connectivity index (χ4v) is 2.15. The number of benzene rings is 2. The van der Waals surface area contributed by atoms with Gasteiger partial charge in [-0.25, -0.2) is 0 Å². The summed E-state index contributed by atoms with van der Waals surface area (Å²) in [6, 6.07) is 18.9. The molecule has 2 atom stereocenters. The molecule has 0 saturated heterocycles. The third kappa shape index (κ3) is 2.54. The molecule has 18 heavy (non-hydrogen) atoms. The summed E-state index contributed by atoms with van der Waals surface area (Å²) >= 11 is 0. The minimum absolute atomic E-state index is 0.362. The molecule has 0 aromatic heterocycles. The molecule has 2 N–H and O–H groups in total. The van der Waals surface area contributed by atoms with E-state index in [1.165, 1.54) is 11.1 Å². The van der Waals surface area contributed by atoms with E-state index >= 15 is 0 Å². The van der Waals surface area contributed by atoms with Crippen LogP contribution in [0.4, 0.5) is 0 Å². The largest absolute Gasteiger partial charge is 0.489 e. The molecular formula is C16H17NO. The third-order valence-corrected chi connectivity index (χ3v) is 3.40. The Morgan fingerprint density at radius 1 is 1.00 bits per heavy atom. The molecule has 0 amide bonds. The Labute approximate surface area is 107 Å². The van der Waals surface area contributed by atoms with Crippen LogP contribution in [0, 0.1) is 0 Å². The minimum atomic E-state index is 0.362. The highest BCUT2D eigenvalue weighted by atomic mass is 16.5. The number of hydrogen-bond donors (Lipinski definition) is 1. The average molecular weight is 239 g/mol. The highest BCUT2D eigenvalue weighted by molar-refractivity contribution is 5.33. The van der Waals surface area contributed by atoms with Crippen LogP contribution in [0.3, 0.4) is 0 Å². The van der Waals surface area contributed by atoms with Crippen molar-refractivity contribution >= 4 is 0 Å². The Morgan fingerprint density at radius 2 is 1.67 bits per heavy atom. The van der Waals surface area contributed by atoms with Crippen LogP contribution in [0.1, 0.15) is 23.5 Å². The molecule has 1 fully saturated rings. The quantitative estimate of drug-likeness (QED) is 0.890. The van der Waals surface area contributed by atoms with Crippen LogP contribution in [0.5, 0.6) is 5.75 Å². The van der Waals surface area contributed by atoms with Crippen molar-refractivity contribution in [1.29, 1.82) is 0 Å². The van der Waals surface area contributed by atoms with E-state index in [1.807, 2.05) is 30.3 Å². The Hall–Kier alpha value is -1.80. The number of nitrogens with two attached hydrogens (primary N) is 1. The summed E-state index contributed by atoms with van der Waals surface area (Å²) in [6.45, 7) is 0.614. The summed E-state index contributed by atoms with van der Waals surface area (Å²) in [5.41, 5.74) is 8.35. The zero-order valence-corrected chi connectivity index (χ0v) is 10.3. The monoisotopic (exact) mass is 239 g/mol. The lowest BCUT2D eigenvalue weighted by atomic mass is 10.1. The van der Waals surface area contributed by atoms with E-state index in [2.05, 4.69) is 24.3 Å². The Kier molecular flexibility index (Phi) is 3.03. The first kappa shape index (κ1) is 11.3. The maximum Gasteiger partial charge on any atom is 0.119 e. The standard InChI is InChI=1S/C16H17NO/c17-16-10-15(16)13-6-8-14(9-7-13)18-11-12-4-2-1-3-5-12/h1-9,15-16H,10-11,17H2/t15-,16+/m1/s1. The van der Waals surface area contributed by atoms with E-state index in [0.29, 0.717) is 18.6 Å². The van der Waals surface area contributed by atoms with Gasteiger partial charge in [-0.05, 0) is 29.7 Å². The summed E-state index contributed by atoms with van der Waals surface area (Å²) < 4.78 is 5.74. The smallest absolute Gasteiger partial charge is 0.119 e. The second-order valence-corrected chi connectivity index (χ2v) is 4.85. The zero-order chi connectivity index (χ0) is 12.4. The molecule has 0 heterocycles. The van der Waals surface area contributed by atoms with E-state index in [0.717, 1.165) is 12.2 Å². The van der Waals surface area contributed by atoms with Gasteiger partial charge in [-0.3, -0.25) is 0 Å². The molecule has 92 valence electrons. The lowest BCUT2D eigenvalue weighted by Crippen LogP contribution is -2.01. The minimum Gasteiger partial charge on any atom is -0.489 e. The summed E-state index contributed by atoms with van der Waals surface area (Å²) in [5, 5.41) is 0. The fraction of sp³-hybridized carbons (Fsp3) is 0.250. The maximum absolute atomic E-state index is 5.84. The van der Waals surface area contributed by atoms with Gasteiger partial charge in [0.1, 0.15) is 12.4 Å². The molecule has 1 aliphatic carbocycles. The second kappa shape index (κ2) is 4.83. The van der Waals surface area contributed by atoms with Crippen LogP contribution < -0.4 is 10.5 Å². The molecular weight excluding hydrogens is 222 g/mol. The van der Waals surface area contributed by atoms with E-state index in [-0.39, 0.29) is 0 Å². The molecule has 2 heteroatoms. The summed E-state index contributed by atoms with van der Waals surface area (Å²) in [5.74, 6) is 1.48. The van der Waals surface area contributed by atoms with E-state index in [4.69, 9.17) is 10.5 Å². The van der Waals surface area contributed by atoms with Gasteiger partial charge in [0.05, 0.1) is 0 Å². The third-order valence-electron chi connectivity index (χ3n) is 3.40. The van der Waals surface area contributed by atoms with E-state index in [9.17, 15) is 0 Å². The topological polar surface area (TPSA) is 35.2 Å². The van der Waals surface area contributed by atoms with Crippen LogP contribution in [-0.4, -0.2) is 6.04 Å². The predicted octanol–water partition coefficient (Wildman–Crippen LogP) is 3.08. The maximum atomic E-state index is 5.84. The second-order valence-electron chi connectivity index (χ2n) is 4.85. The number of rotatable bonds is 4. The van der Waals surface area contributed by atoms with Crippen LogP contribution >= 0.6 is 0 Å². The van der Waals surface area contributed by atoms with Gasteiger partial charge in [0.2, 0.25) is 0 Å². The lowest BCUT2D eigenvalue weighted by molar-refractivity contribution is 0.306. The van der Waals surface area contributed by atoms with Gasteiger partial charge < -0.3 is 10.5 Å². The molecule has 2 nitrogen and oxygen atoms in total. The van der Waals surface area contributed by atoms with Crippen LogP contribution in [0.15, 0.2) is 54.6 Å². The lowest BCUT2D eigenvalue weighted by Gasteiger charge is -2.07. The van der Waals surface area contributed by atoms with Gasteiger partial charge in [-0.15, -0.1) is 0 Å².